The molecule has 0 saturated carbocycles. The van der Waals surface area contributed by atoms with Gasteiger partial charge in [-0.1, -0.05) is 0 Å². The van der Waals surface area contributed by atoms with Gasteiger partial charge in [-0.2, -0.15) is 0 Å². The van der Waals surface area contributed by atoms with Crippen molar-refractivity contribution in [3.8, 4) is 0 Å². The van der Waals surface area contributed by atoms with Crippen LogP contribution < -0.4 is 4.90 Å². The second-order valence-corrected chi connectivity index (χ2v) is 5.87. The molecule has 21 heavy (non-hydrogen) atoms. The van der Waals surface area contributed by atoms with Gasteiger partial charge in [-0.25, -0.2) is 9.97 Å². The van der Waals surface area contributed by atoms with Crippen molar-refractivity contribution in [2.24, 2.45) is 0 Å². The standard InChI is InChI=1S/C15H19N5O/c21-13-4-2-8-20(13)11-3-1-7-19(9-11)15-12-5-6-16-14(12)17-10-18-15/h5-6,10-11H,1-4,7-9H2,(H,16,17,18)/t11-/m1/s1. The zero-order valence-electron chi connectivity index (χ0n) is 12.0. The summed E-state index contributed by atoms with van der Waals surface area (Å²) < 4.78 is 0. The molecular formula is C15H19N5O. The molecule has 6 nitrogen and oxygen atoms in total. The van der Waals surface area contributed by atoms with Crippen molar-refractivity contribution < 1.29 is 4.79 Å². The van der Waals surface area contributed by atoms with Crippen LogP contribution in [0.25, 0.3) is 11.0 Å². The molecule has 0 aromatic carbocycles. The van der Waals surface area contributed by atoms with Crippen LogP contribution in [0.3, 0.4) is 0 Å². The molecule has 0 spiro atoms. The molecule has 110 valence electrons. The van der Waals surface area contributed by atoms with E-state index in [1.54, 1.807) is 6.33 Å². The fraction of sp³-hybridized carbons (Fsp3) is 0.533. The summed E-state index contributed by atoms with van der Waals surface area (Å²) in [6.07, 6.45) is 7.43. The molecular weight excluding hydrogens is 266 g/mol. The van der Waals surface area contributed by atoms with Gasteiger partial charge in [0.25, 0.3) is 0 Å². The lowest BCUT2D eigenvalue weighted by Crippen LogP contribution is -2.48. The van der Waals surface area contributed by atoms with E-state index in [4.69, 9.17) is 0 Å². The van der Waals surface area contributed by atoms with Crippen molar-refractivity contribution in [1.29, 1.82) is 0 Å². The van der Waals surface area contributed by atoms with E-state index in [1.807, 2.05) is 12.3 Å². The van der Waals surface area contributed by atoms with Gasteiger partial charge < -0.3 is 14.8 Å². The number of H-pyrrole nitrogens is 1. The van der Waals surface area contributed by atoms with Crippen molar-refractivity contribution in [3.05, 3.63) is 18.6 Å². The molecule has 0 bridgehead atoms. The Morgan fingerprint density at radius 1 is 1.24 bits per heavy atom. The first-order valence-corrected chi connectivity index (χ1v) is 7.65. The summed E-state index contributed by atoms with van der Waals surface area (Å²) in [6, 6.07) is 2.35. The molecule has 1 atom stereocenters. The number of carbonyl (C=O) groups is 1. The lowest BCUT2D eigenvalue weighted by Gasteiger charge is -2.38. The number of hydrogen-bond donors (Lipinski definition) is 1. The van der Waals surface area contributed by atoms with Crippen LogP contribution in [0.5, 0.6) is 0 Å². The number of carbonyl (C=O) groups excluding carboxylic acids is 1. The lowest BCUT2D eigenvalue weighted by molar-refractivity contribution is -0.129. The molecule has 2 aliphatic heterocycles. The van der Waals surface area contributed by atoms with E-state index in [0.717, 1.165) is 55.7 Å². The zero-order valence-corrected chi connectivity index (χ0v) is 12.0. The summed E-state index contributed by atoms with van der Waals surface area (Å²) in [5.41, 5.74) is 0.874. The number of aromatic amines is 1. The number of aromatic nitrogens is 3. The summed E-state index contributed by atoms with van der Waals surface area (Å²) in [7, 11) is 0. The molecule has 2 fully saturated rings. The minimum atomic E-state index is 0.316. The largest absolute Gasteiger partial charge is 0.354 e. The number of hydrogen-bond acceptors (Lipinski definition) is 4. The Balaban J connectivity index is 1.60. The molecule has 4 rings (SSSR count). The topological polar surface area (TPSA) is 65.1 Å². The van der Waals surface area contributed by atoms with Crippen LogP contribution in [0.2, 0.25) is 0 Å². The van der Waals surface area contributed by atoms with Crippen LogP contribution >= 0.6 is 0 Å². The van der Waals surface area contributed by atoms with Crippen LogP contribution in [0.4, 0.5) is 5.82 Å². The number of likely N-dealkylation sites (tertiary alicyclic amines) is 1. The third-order valence-corrected chi connectivity index (χ3v) is 4.58. The Morgan fingerprint density at radius 2 is 2.19 bits per heavy atom. The number of nitrogens with zero attached hydrogens (tertiary/aromatic N) is 4. The highest BCUT2D eigenvalue weighted by atomic mass is 16.2. The van der Waals surface area contributed by atoms with Gasteiger partial charge in [-0.15, -0.1) is 0 Å². The number of fused-ring (bicyclic) bond motifs is 1. The van der Waals surface area contributed by atoms with Gasteiger partial charge >= 0.3 is 0 Å². The fourth-order valence-corrected chi connectivity index (χ4v) is 3.57. The van der Waals surface area contributed by atoms with E-state index in [0.29, 0.717) is 18.4 Å². The molecule has 0 radical (unpaired) electrons. The van der Waals surface area contributed by atoms with Crippen LogP contribution in [0.15, 0.2) is 18.6 Å². The van der Waals surface area contributed by atoms with E-state index < -0.39 is 0 Å². The van der Waals surface area contributed by atoms with E-state index in [1.165, 1.54) is 0 Å². The summed E-state index contributed by atoms with van der Waals surface area (Å²) in [5.74, 6) is 1.30. The minimum absolute atomic E-state index is 0.316. The molecule has 2 aliphatic rings. The maximum atomic E-state index is 12.0. The molecule has 2 aromatic rings. The number of nitrogens with one attached hydrogen (secondary N) is 1. The molecule has 0 unspecified atom stereocenters. The second kappa shape index (κ2) is 5.02. The van der Waals surface area contributed by atoms with E-state index >= 15 is 0 Å². The van der Waals surface area contributed by atoms with Gasteiger partial charge in [0.1, 0.15) is 17.8 Å². The highest BCUT2D eigenvalue weighted by Crippen LogP contribution is 2.27. The summed E-state index contributed by atoms with van der Waals surface area (Å²) in [4.78, 5) is 28.2. The average molecular weight is 285 g/mol. The summed E-state index contributed by atoms with van der Waals surface area (Å²) >= 11 is 0. The second-order valence-electron chi connectivity index (χ2n) is 5.87. The first-order valence-electron chi connectivity index (χ1n) is 7.65. The van der Waals surface area contributed by atoms with Gasteiger partial charge in [-0.3, -0.25) is 4.79 Å². The third kappa shape index (κ3) is 2.14. The monoisotopic (exact) mass is 285 g/mol. The van der Waals surface area contributed by atoms with Gasteiger partial charge in [0.15, 0.2) is 0 Å². The molecule has 0 aliphatic carbocycles. The van der Waals surface area contributed by atoms with Gasteiger partial charge in [-0.05, 0) is 25.3 Å². The quantitative estimate of drug-likeness (QED) is 0.909. The van der Waals surface area contributed by atoms with E-state index in [2.05, 4.69) is 24.8 Å². The molecule has 2 aromatic heterocycles. The van der Waals surface area contributed by atoms with Crippen LogP contribution in [0.1, 0.15) is 25.7 Å². The number of piperidine rings is 1. The summed E-state index contributed by atoms with van der Waals surface area (Å²) in [6.45, 7) is 2.79. The van der Waals surface area contributed by atoms with Crippen LogP contribution in [-0.2, 0) is 4.79 Å². The average Bonchev–Trinajstić information content (AvgIpc) is 3.15. The Bertz CT molecular complexity index is 667. The molecule has 2 saturated heterocycles. The SMILES string of the molecule is O=C1CCCN1[C@@H]1CCCN(c2ncnc3[nH]ccc23)C1. The van der Waals surface area contributed by atoms with Crippen LogP contribution in [0, 0.1) is 0 Å². The summed E-state index contributed by atoms with van der Waals surface area (Å²) in [5, 5.41) is 1.06. The lowest BCUT2D eigenvalue weighted by atomic mass is 10.0. The highest BCUT2D eigenvalue weighted by molar-refractivity contribution is 5.87. The van der Waals surface area contributed by atoms with E-state index in [-0.39, 0.29) is 0 Å². The number of amides is 1. The fourth-order valence-electron chi connectivity index (χ4n) is 3.57. The maximum absolute atomic E-state index is 12.0. The Hall–Kier alpha value is -2.11. The Kier molecular flexibility index (Phi) is 3.02. The van der Waals surface area contributed by atoms with Crippen molar-refractivity contribution in [3.63, 3.8) is 0 Å². The molecule has 1 amide bonds. The number of rotatable bonds is 2. The van der Waals surface area contributed by atoms with Gasteiger partial charge in [0.05, 0.1) is 5.39 Å². The van der Waals surface area contributed by atoms with Crippen molar-refractivity contribution >= 4 is 22.8 Å². The zero-order chi connectivity index (χ0) is 14.2. The normalized spacial score (nSPS) is 23.2. The Morgan fingerprint density at radius 3 is 3.05 bits per heavy atom. The minimum Gasteiger partial charge on any atom is -0.354 e. The van der Waals surface area contributed by atoms with Gasteiger partial charge in [0, 0.05) is 38.3 Å². The molecule has 1 N–H and O–H groups in total. The Labute approximate surface area is 123 Å². The third-order valence-electron chi connectivity index (χ3n) is 4.58. The van der Waals surface area contributed by atoms with Crippen molar-refractivity contribution in [2.75, 3.05) is 24.5 Å². The number of anilines is 1. The van der Waals surface area contributed by atoms with Crippen molar-refractivity contribution in [2.45, 2.75) is 31.7 Å². The van der Waals surface area contributed by atoms with Crippen molar-refractivity contribution in [1.82, 2.24) is 19.9 Å². The van der Waals surface area contributed by atoms with Crippen LogP contribution in [-0.4, -0.2) is 51.4 Å². The first-order chi connectivity index (χ1) is 10.3. The van der Waals surface area contributed by atoms with E-state index in [9.17, 15) is 4.79 Å². The maximum Gasteiger partial charge on any atom is 0.222 e. The molecule has 6 heteroatoms. The molecule has 4 heterocycles. The first kappa shape index (κ1) is 12.6. The predicted octanol–water partition coefficient (Wildman–Crippen LogP) is 1.55. The van der Waals surface area contributed by atoms with Gasteiger partial charge in [0.2, 0.25) is 5.91 Å². The predicted molar refractivity (Wildman–Crippen MR) is 80.1 cm³/mol. The highest BCUT2D eigenvalue weighted by Gasteiger charge is 2.32. The smallest absolute Gasteiger partial charge is 0.222 e.